The highest BCUT2D eigenvalue weighted by Crippen LogP contribution is 2.32. The Morgan fingerprint density at radius 2 is 1.76 bits per heavy atom. The zero-order valence-electron chi connectivity index (χ0n) is 15.0. The van der Waals surface area contributed by atoms with Crippen LogP contribution in [0.15, 0.2) is 18.2 Å². The van der Waals surface area contributed by atoms with E-state index in [4.69, 9.17) is 10.5 Å². The first-order chi connectivity index (χ1) is 11.7. The van der Waals surface area contributed by atoms with Crippen LogP contribution < -0.4 is 15.8 Å². The van der Waals surface area contributed by atoms with Crippen molar-refractivity contribution in [2.75, 3.05) is 12.4 Å². The second kappa shape index (κ2) is 7.53. The van der Waals surface area contributed by atoms with Crippen LogP contribution in [0.3, 0.4) is 0 Å². The molecular formula is C19H22N2O3S. The summed E-state index contributed by atoms with van der Waals surface area (Å²) in [5.41, 5.74) is 9.60. The van der Waals surface area contributed by atoms with E-state index in [0.29, 0.717) is 10.6 Å². The molecule has 0 bridgehead atoms. The third-order valence-corrected chi connectivity index (χ3v) is 5.20. The zero-order valence-corrected chi connectivity index (χ0v) is 15.8. The third kappa shape index (κ3) is 4.09. The van der Waals surface area contributed by atoms with E-state index >= 15 is 0 Å². The number of rotatable bonds is 5. The topological polar surface area (TPSA) is 81.4 Å². The van der Waals surface area contributed by atoms with Gasteiger partial charge in [-0.15, -0.1) is 11.3 Å². The average molecular weight is 358 g/mol. The average Bonchev–Trinajstić information content (AvgIpc) is 2.80. The van der Waals surface area contributed by atoms with Crippen molar-refractivity contribution >= 4 is 34.2 Å². The maximum atomic E-state index is 12.3. The summed E-state index contributed by atoms with van der Waals surface area (Å²) in [6.07, 6.45) is 3.22. The Labute approximate surface area is 151 Å². The Morgan fingerprint density at radius 1 is 1.16 bits per heavy atom. The van der Waals surface area contributed by atoms with Gasteiger partial charge >= 0.3 is 0 Å². The fourth-order valence-corrected chi connectivity index (χ4v) is 3.71. The number of aryl methyl sites for hydroxylation is 3. The monoisotopic (exact) mass is 358 g/mol. The second-order valence-electron chi connectivity index (χ2n) is 5.85. The summed E-state index contributed by atoms with van der Waals surface area (Å²) in [6, 6.07) is 3.84. The van der Waals surface area contributed by atoms with Gasteiger partial charge in [-0.1, -0.05) is 0 Å². The molecule has 0 saturated carbocycles. The Bertz CT molecular complexity index is 843. The smallest absolute Gasteiger partial charge is 0.251 e. The molecule has 25 heavy (non-hydrogen) atoms. The van der Waals surface area contributed by atoms with Crippen molar-refractivity contribution in [3.8, 4) is 5.75 Å². The van der Waals surface area contributed by atoms with Crippen LogP contribution in [-0.4, -0.2) is 18.9 Å². The number of methoxy groups -OCH3 is 1. The number of nitrogens with one attached hydrogen (secondary N) is 1. The van der Waals surface area contributed by atoms with Gasteiger partial charge in [0, 0.05) is 11.0 Å². The summed E-state index contributed by atoms with van der Waals surface area (Å²) in [6.45, 7) is 7.64. The SMILES string of the molecule is COc1cc(C)c(/C=C/C(=O)Nc2sc(C)c(C)c2C(N)=O)c(C)c1. The summed E-state index contributed by atoms with van der Waals surface area (Å²) in [5.74, 6) is -0.0615. The van der Waals surface area contributed by atoms with Crippen molar-refractivity contribution in [3.63, 3.8) is 0 Å². The maximum absolute atomic E-state index is 12.3. The predicted octanol–water partition coefficient (Wildman–Crippen LogP) is 3.74. The first-order valence-electron chi connectivity index (χ1n) is 7.78. The van der Waals surface area contributed by atoms with Gasteiger partial charge in [0.15, 0.2) is 0 Å². The van der Waals surface area contributed by atoms with Crippen molar-refractivity contribution in [1.29, 1.82) is 0 Å². The number of hydrogen-bond donors (Lipinski definition) is 2. The number of ether oxygens (including phenoxy) is 1. The lowest BCUT2D eigenvalue weighted by Gasteiger charge is -2.08. The van der Waals surface area contributed by atoms with E-state index in [1.165, 1.54) is 17.4 Å². The summed E-state index contributed by atoms with van der Waals surface area (Å²) >= 11 is 1.35. The predicted molar refractivity (Wildman–Crippen MR) is 102 cm³/mol. The highest BCUT2D eigenvalue weighted by molar-refractivity contribution is 7.16. The number of hydrogen-bond acceptors (Lipinski definition) is 4. The molecule has 2 rings (SSSR count). The van der Waals surface area contributed by atoms with Gasteiger partial charge in [0.1, 0.15) is 10.8 Å². The molecule has 0 unspecified atom stereocenters. The van der Waals surface area contributed by atoms with E-state index in [0.717, 1.165) is 32.9 Å². The standard InChI is InChI=1S/C19H22N2O3S/c1-10-8-14(24-5)9-11(2)15(10)6-7-16(22)21-19-17(18(20)23)12(3)13(4)25-19/h6-9H,1-5H3,(H2,20,23)(H,21,22)/b7-6+. The van der Waals surface area contributed by atoms with Gasteiger partial charge in [0.05, 0.1) is 12.7 Å². The van der Waals surface area contributed by atoms with E-state index in [1.807, 2.05) is 39.8 Å². The summed E-state index contributed by atoms with van der Waals surface area (Å²) in [7, 11) is 1.62. The number of carbonyl (C=O) groups is 2. The van der Waals surface area contributed by atoms with Crippen molar-refractivity contribution in [3.05, 3.63) is 50.9 Å². The Balaban J connectivity index is 2.23. The van der Waals surface area contributed by atoms with Crippen molar-refractivity contribution in [1.82, 2.24) is 0 Å². The number of benzene rings is 1. The van der Waals surface area contributed by atoms with Crippen LogP contribution in [0.1, 0.15) is 37.5 Å². The van der Waals surface area contributed by atoms with E-state index in [9.17, 15) is 9.59 Å². The third-order valence-electron chi connectivity index (χ3n) is 4.07. The minimum atomic E-state index is -0.539. The number of carbonyl (C=O) groups excluding carboxylic acids is 2. The largest absolute Gasteiger partial charge is 0.497 e. The molecule has 1 aromatic heterocycles. The number of anilines is 1. The van der Waals surface area contributed by atoms with E-state index in [2.05, 4.69) is 5.32 Å². The molecular weight excluding hydrogens is 336 g/mol. The first-order valence-corrected chi connectivity index (χ1v) is 8.60. The molecule has 0 radical (unpaired) electrons. The second-order valence-corrected chi connectivity index (χ2v) is 7.07. The van der Waals surface area contributed by atoms with Crippen molar-refractivity contribution in [2.45, 2.75) is 27.7 Å². The minimum Gasteiger partial charge on any atom is -0.497 e. The quantitative estimate of drug-likeness (QED) is 0.799. The van der Waals surface area contributed by atoms with Gasteiger partial charge < -0.3 is 15.8 Å². The Morgan fingerprint density at radius 3 is 2.28 bits per heavy atom. The number of thiophene rings is 1. The van der Waals surface area contributed by atoms with Crippen LogP contribution in [0, 0.1) is 27.7 Å². The van der Waals surface area contributed by atoms with Crippen LogP contribution >= 0.6 is 11.3 Å². The minimum absolute atomic E-state index is 0.307. The molecule has 0 aliphatic heterocycles. The lowest BCUT2D eigenvalue weighted by molar-refractivity contribution is -0.111. The normalized spacial score (nSPS) is 10.9. The molecule has 1 aromatic carbocycles. The molecule has 1 heterocycles. The zero-order chi connectivity index (χ0) is 18.7. The molecule has 132 valence electrons. The molecule has 0 atom stereocenters. The molecule has 0 aliphatic rings. The van der Waals surface area contributed by atoms with Crippen molar-refractivity contribution < 1.29 is 14.3 Å². The molecule has 0 saturated heterocycles. The molecule has 0 spiro atoms. The fourth-order valence-electron chi connectivity index (χ4n) is 2.64. The number of nitrogens with two attached hydrogens (primary N) is 1. The molecule has 5 nitrogen and oxygen atoms in total. The van der Waals surface area contributed by atoms with Crippen LogP contribution in [0.4, 0.5) is 5.00 Å². The van der Waals surface area contributed by atoms with E-state index in [1.54, 1.807) is 13.2 Å². The summed E-state index contributed by atoms with van der Waals surface area (Å²) in [5, 5.41) is 3.24. The first kappa shape index (κ1) is 18.7. The maximum Gasteiger partial charge on any atom is 0.251 e. The number of primary amides is 1. The molecule has 0 fully saturated rings. The van der Waals surface area contributed by atoms with E-state index < -0.39 is 5.91 Å². The van der Waals surface area contributed by atoms with Crippen LogP contribution in [-0.2, 0) is 4.79 Å². The molecule has 0 aliphatic carbocycles. The molecule has 6 heteroatoms. The fraction of sp³-hybridized carbons (Fsp3) is 0.263. The van der Waals surface area contributed by atoms with Gasteiger partial charge in [0.25, 0.3) is 5.91 Å². The summed E-state index contributed by atoms with van der Waals surface area (Å²) in [4.78, 5) is 24.8. The lowest BCUT2D eigenvalue weighted by atomic mass is 10.0. The lowest BCUT2D eigenvalue weighted by Crippen LogP contribution is -2.16. The Kier molecular flexibility index (Phi) is 5.64. The van der Waals surface area contributed by atoms with Crippen LogP contribution in [0.5, 0.6) is 5.75 Å². The Hall–Kier alpha value is -2.60. The number of amides is 2. The van der Waals surface area contributed by atoms with Crippen LogP contribution in [0.2, 0.25) is 0 Å². The van der Waals surface area contributed by atoms with E-state index in [-0.39, 0.29) is 5.91 Å². The van der Waals surface area contributed by atoms with Gasteiger partial charge in [-0.2, -0.15) is 0 Å². The molecule has 2 amide bonds. The van der Waals surface area contributed by atoms with Gasteiger partial charge in [0.2, 0.25) is 5.91 Å². The summed E-state index contributed by atoms with van der Waals surface area (Å²) < 4.78 is 5.24. The van der Waals surface area contributed by atoms with Gasteiger partial charge in [-0.3, -0.25) is 9.59 Å². The van der Waals surface area contributed by atoms with Crippen molar-refractivity contribution in [2.24, 2.45) is 5.73 Å². The van der Waals surface area contributed by atoms with Gasteiger partial charge in [-0.25, -0.2) is 0 Å². The molecule has 2 aromatic rings. The highest BCUT2D eigenvalue weighted by atomic mass is 32.1. The highest BCUT2D eigenvalue weighted by Gasteiger charge is 2.18. The van der Waals surface area contributed by atoms with Crippen LogP contribution in [0.25, 0.3) is 6.08 Å². The van der Waals surface area contributed by atoms with Gasteiger partial charge in [-0.05, 0) is 68.2 Å². The molecule has 3 N–H and O–H groups in total.